The summed E-state index contributed by atoms with van der Waals surface area (Å²) in [5.41, 5.74) is 1.50. The second kappa shape index (κ2) is 6.71. The number of carbonyl (C=O) groups is 1. The lowest BCUT2D eigenvalue weighted by molar-refractivity contribution is -0.116. The van der Waals surface area contributed by atoms with Crippen LogP contribution in [0, 0.1) is 5.92 Å². The van der Waals surface area contributed by atoms with Gasteiger partial charge in [0.05, 0.1) is 23.8 Å². The number of hydrogen-bond donors (Lipinski definition) is 0. The van der Waals surface area contributed by atoms with Gasteiger partial charge in [-0.1, -0.05) is 11.6 Å². The Morgan fingerprint density at radius 1 is 1.55 bits per heavy atom. The molecule has 0 radical (unpaired) electrons. The van der Waals surface area contributed by atoms with Gasteiger partial charge in [-0.05, 0) is 37.1 Å². The lowest BCUT2D eigenvalue weighted by atomic mass is 10.3. The van der Waals surface area contributed by atoms with Gasteiger partial charge in [-0.25, -0.2) is 4.68 Å². The number of halogens is 1. The average molecular weight is 337 g/mol. The van der Waals surface area contributed by atoms with E-state index >= 15 is 0 Å². The highest BCUT2D eigenvalue weighted by Gasteiger charge is 2.29. The Labute approximate surface area is 138 Å². The quantitative estimate of drug-likeness (QED) is 0.813. The third-order valence-corrected chi connectivity index (χ3v) is 4.36. The highest BCUT2D eigenvalue weighted by molar-refractivity contribution is 7.99. The summed E-state index contributed by atoms with van der Waals surface area (Å²) in [6, 6.07) is 3.74. The zero-order chi connectivity index (χ0) is 15.5. The van der Waals surface area contributed by atoms with E-state index in [1.807, 2.05) is 18.4 Å². The Morgan fingerprint density at radius 2 is 2.36 bits per heavy atom. The standard InChI is InChI=1S/C15H17ClN4OS/c1-22-10-14(21)19(8-11-4-5-11)13-9-20(18-15(13)16)12-3-2-6-17-7-12/h2-3,6-7,9,11H,4-5,8,10H2,1H3. The Kier molecular flexibility index (Phi) is 4.69. The van der Waals surface area contributed by atoms with E-state index < -0.39 is 0 Å². The molecule has 116 valence electrons. The van der Waals surface area contributed by atoms with Crippen molar-refractivity contribution >= 4 is 35.0 Å². The molecule has 2 aromatic heterocycles. The van der Waals surface area contributed by atoms with Crippen molar-refractivity contribution < 1.29 is 4.79 Å². The number of thioether (sulfide) groups is 1. The Bertz CT molecular complexity index is 657. The number of pyridine rings is 1. The molecule has 1 saturated carbocycles. The van der Waals surface area contributed by atoms with E-state index in [1.54, 1.807) is 28.2 Å². The lowest BCUT2D eigenvalue weighted by Gasteiger charge is -2.21. The van der Waals surface area contributed by atoms with E-state index in [1.165, 1.54) is 24.6 Å². The average Bonchev–Trinajstić information content (AvgIpc) is 3.27. The van der Waals surface area contributed by atoms with Gasteiger partial charge in [-0.3, -0.25) is 9.78 Å². The van der Waals surface area contributed by atoms with Crippen LogP contribution in [0.15, 0.2) is 30.7 Å². The zero-order valence-electron chi connectivity index (χ0n) is 12.3. The highest BCUT2D eigenvalue weighted by atomic mass is 35.5. The first-order chi connectivity index (χ1) is 10.7. The fourth-order valence-electron chi connectivity index (χ4n) is 2.24. The third-order valence-electron chi connectivity index (χ3n) is 3.56. The summed E-state index contributed by atoms with van der Waals surface area (Å²) < 4.78 is 1.66. The SMILES string of the molecule is CSCC(=O)N(CC1CC1)c1cn(-c2cccnc2)nc1Cl. The monoisotopic (exact) mass is 336 g/mol. The molecule has 2 aromatic rings. The van der Waals surface area contributed by atoms with Crippen molar-refractivity contribution in [2.45, 2.75) is 12.8 Å². The van der Waals surface area contributed by atoms with Crippen molar-refractivity contribution in [1.29, 1.82) is 0 Å². The van der Waals surface area contributed by atoms with Crippen molar-refractivity contribution in [3.05, 3.63) is 35.9 Å². The maximum Gasteiger partial charge on any atom is 0.237 e. The van der Waals surface area contributed by atoms with Gasteiger partial charge in [0, 0.05) is 12.7 Å². The van der Waals surface area contributed by atoms with Crippen LogP contribution in [0.2, 0.25) is 5.15 Å². The van der Waals surface area contributed by atoms with E-state index in [-0.39, 0.29) is 5.91 Å². The predicted octanol–water partition coefficient (Wildman–Crippen LogP) is 3.03. The van der Waals surface area contributed by atoms with E-state index in [4.69, 9.17) is 11.6 Å². The fraction of sp³-hybridized carbons (Fsp3) is 0.400. The molecule has 1 fully saturated rings. The molecule has 3 rings (SSSR count). The van der Waals surface area contributed by atoms with Crippen LogP contribution in [0.3, 0.4) is 0 Å². The number of carbonyl (C=O) groups excluding carboxylic acids is 1. The molecular formula is C15H17ClN4OS. The largest absolute Gasteiger partial charge is 0.307 e. The van der Waals surface area contributed by atoms with Crippen molar-refractivity contribution in [2.75, 3.05) is 23.5 Å². The smallest absolute Gasteiger partial charge is 0.237 e. The van der Waals surface area contributed by atoms with E-state index in [2.05, 4.69) is 10.1 Å². The molecule has 0 aromatic carbocycles. The molecule has 1 amide bonds. The zero-order valence-corrected chi connectivity index (χ0v) is 13.8. The molecule has 0 saturated heterocycles. The first-order valence-corrected chi connectivity index (χ1v) is 8.91. The molecule has 2 heterocycles. The number of amides is 1. The third kappa shape index (κ3) is 3.44. The predicted molar refractivity (Wildman–Crippen MR) is 89.8 cm³/mol. The molecule has 1 aliphatic rings. The van der Waals surface area contributed by atoms with Gasteiger partial charge in [0.15, 0.2) is 5.15 Å². The van der Waals surface area contributed by atoms with Crippen molar-refractivity contribution in [3.63, 3.8) is 0 Å². The molecule has 0 spiro atoms. The van der Waals surface area contributed by atoms with Crippen LogP contribution >= 0.6 is 23.4 Å². The Balaban J connectivity index is 1.90. The van der Waals surface area contributed by atoms with Crippen molar-refractivity contribution in [3.8, 4) is 5.69 Å². The van der Waals surface area contributed by atoms with Gasteiger partial charge in [-0.15, -0.1) is 0 Å². The number of rotatable bonds is 6. The molecule has 0 atom stereocenters. The molecule has 0 N–H and O–H groups in total. The molecule has 0 bridgehead atoms. The normalized spacial score (nSPS) is 14.1. The fourth-order valence-corrected chi connectivity index (χ4v) is 2.88. The number of aromatic nitrogens is 3. The Morgan fingerprint density at radius 3 is 3.00 bits per heavy atom. The van der Waals surface area contributed by atoms with Crippen molar-refractivity contribution in [2.24, 2.45) is 5.92 Å². The summed E-state index contributed by atoms with van der Waals surface area (Å²) >= 11 is 7.80. The molecule has 1 aliphatic carbocycles. The van der Waals surface area contributed by atoms with Crippen LogP contribution in [0.1, 0.15) is 12.8 Å². The molecule has 5 nitrogen and oxygen atoms in total. The second-order valence-electron chi connectivity index (χ2n) is 5.34. The molecule has 0 unspecified atom stereocenters. The summed E-state index contributed by atoms with van der Waals surface area (Å²) in [5, 5.41) is 4.66. The summed E-state index contributed by atoms with van der Waals surface area (Å²) in [5.74, 6) is 1.11. The molecule has 22 heavy (non-hydrogen) atoms. The van der Waals surface area contributed by atoms with Gasteiger partial charge < -0.3 is 4.90 Å². The van der Waals surface area contributed by atoms with Crippen molar-refractivity contribution in [1.82, 2.24) is 14.8 Å². The number of anilines is 1. The summed E-state index contributed by atoms with van der Waals surface area (Å²) in [7, 11) is 0. The summed E-state index contributed by atoms with van der Waals surface area (Å²) in [6.45, 7) is 0.720. The minimum absolute atomic E-state index is 0.0760. The molecular weight excluding hydrogens is 320 g/mol. The van der Waals surface area contributed by atoms with E-state index in [9.17, 15) is 4.79 Å². The van der Waals surface area contributed by atoms with Crippen LogP contribution in [0.4, 0.5) is 5.69 Å². The van der Waals surface area contributed by atoms with E-state index in [0.29, 0.717) is 22.5 Å². The van der Waals surface area contributed by atoms with Crippen LogP contribution in [0.5, 0.6) is 0 Å². The van der Waals surface area contributed by atoms with Gasteiger partial charge >= 0.3 is 0 Å². The first kappa shape index (κ1) is 15.4. The van der Waals surface area contributed by atoms with Gasteiger partial charge in [0.1, 0.15) is 5.69 Å². The number of nitrogens with zero attached hydrogens (tertiary/aromatic N) is 4. The van der Waals surface area contributed by atoms with Gasteiger partial charge in [0.25, 0.3) is 0 Å². The number of hydrogen-bond acceptors (Lipinski definition) is 4. The molecule has 7 heteroatoms. The van der Waals surface area contributed by atoms with E-state index in [0.717, 1.165) is 12.2 Å². The van der Waals surface area contributed by atoms with Crippen LogP contribution in [-0.4, -0.2) is 39.2 Å². The summed E-state index contributed by atoms with van der Waals surface area (Å²) in [4.78, 5) is 18.3. The second-order valence-corrected chi connectivity index (χ2v) is 6.57. The maximum atomic E-state index is 12.4. The highest BCUT2D eigenvalue weighted by Crippen LogP contribution is 2.34. The summed E-state index contributed by atoms with van der Waals surface area (Å²) in [6.07, 6.45) is 9.50. The van der Waals surface area contributed by atoms with Crippen LogP contribution < -0.4 is 4.90 Å². The minimum atomic E-state index is 0.0760. The molecule has 0 aliphatic heterocycles. The lowest BCUT2D eigenvalue weighted by Crippen LogP contribution is -2.34. The first-order valence-electron chi connectivity index (χ1n) is 7.14. The maximum absolute atomic E-state index is 12.4. The minimum Gasteiger partial charge on any atom is -0.307 e. The van der Waals surface area contributed by atoms with Crippen LogP contribution in [-0.2, 0) is 4.79 Å². The topological polar surface area (TPSA) is 51.0 Å². The van der Waals surface area contributed by atoms with Gasteiger partial charge in [-0.2, -0.15) is 16.9 Å². The van der Waals surface area contributed by atoms with Crippen LogP contribution in [0.25, 0.3) is 5.69 Å². The van der Waals surface area contributed by atoms with Gasteiger partial charge in [0.2, 0.25) is 5.91 Å². The Hall–Kier alpha value is -1.53.